The third-order valence-corrected chi connectivity index (χ3v) is 4.29. The maximum Gasteiger partial charge on any atom is 0.234 e. The molecule has 0 saturated heterocycles. The van der Waals surface area contributed by atoms with Crippen LogP contribution in [0, 0.1) is 0 Å². The number of rotatable bonds is 4. The molecule has 3 rings (SSSR count). The smallest absolute Gasteiger partial charge is 0.234 e. The number of thioether (sulfide) groups is 1. The highest BCUT2D eigenvalue weighted by Crippen LogP contribution is 2.22. The Labute approximate surface area is 133 Å². The average molecular weight is 363 g/mol. The van der Waals surface area contributed by atoms with Crippen molar-refractivity contribution in [2.75, 3.05) is 11.1 Å². The van der Waals surface area contributed by atoms with Gasteiger partial charge in [-0.2, -0.15) is 0 Å². The van der Waals surface area contributed by atoms with Gasteiger partial charge >= 0.3 is 0 Å². The topological polar surface area (TPSA) is 70.7 Å². The van der Waals surface area contributed by atoms with Crippen molar-refractivity contribution in [2.24, 2.45) is 0 Å². The first-order valence-electron chi connectivity index (χ1n) is 6.20. The molecule has 0 fully saturated rings. The van der Waals surface area contributed by atoms with Gasteiger partial charge in [0.05, 0.1) is 17.0 Å². The molecule has 2 heterocycles. The Balaban J connectivity index is 1.62. The maximum atomic E-state index is 11.9. The zero-order valence-electron chi connectivity index (χ0n) is 10.8. The van der Waals surface area contributed by atoms with Gasteiger partial charge in [-0.3, -0.25) is 4.79 Å². The van der Waals surface area contributed by atoms with E-state index in [-0.39, 0.29) is 11.7 Å². The van der Waals surface area contributed by atoms with Crippen LogP contribution in [0.2, 0.25) is 0 Å². The molecule has 0 saturated carbocycles. The monoisotopic (exact) mass is 362 g/mol. The molecule has 21 heavy (non-hydrogen) atoms. The molecule has 0 unspecified atom stereocenters. The number of anilines is 1. The van der Waals surface area contributed by atoms with Gasteiger partial charge < -0.3 is 10.3 Å². The lowest BCUT2D eigenvalue weighted by atomic mass is 10.3. The van der Waals surface area contributed by atoms with Gasteiger partial charge in [0.1, 0.15) is 0 Å². The molecule has 1 amide bonds. The number of carbonyl (C=O) groups excluding carboxylic acids is 1. The lowest BCUT2D eigenvalue weighted by Gasteiger charge is -2.05. The molecule has 1 aromatic carbocycles. The van der Waals surface area contributed by atoms with E-state index in [1.165, 1.54) is 11.8 Å². The van der Waals surface area contributed by atoms with Gasteiger partial charge in [0.15, 0.2) is 10.8 Å². The zero-order chi connectivity index (χ0) is 14.7. The van der Waals surface area contributed by atoms with Gasteiger partial charge in [0, 0.05) is 10.7 Å². The summed E-state index contributed by atoms with van der Waals surface area (Å²) in [6, 6.07) is 11.2. The lowest BCUT2D eigenvalue weighted by molar-refractivity contribution is -0.113. The summed E-state index contributed by atoms with van der Waals surface area (Å²) in [5.74, 6) is 0.196. The molecule has 2 N–H and O–H groups in total. The summed E-state index contributed by atoms with van der Waals surface area (Å²) in [4.78, 5) is 23.5. The number of imidazole rings is 1. The molecule has 3 aromatic rings. The largest absolute Gasteiger partial charge is 0.332 e. The number of hydrogen-bond donors (Lipinski definition) is 2. The molecule has 0 aliphatic rings. The van der Waals surface area contributed by atoms with E-state index >= 15 is 0 Å². The number of nitrogens with one attached hydrogen (secondary N) is 2. The van der Waals surface area contributed by atoms with Gasteiger partial charge in [0.2, 0.25) is 5.91 Å². The molecule has 0 spiro atoms. The van der Waals surface area contributed by atoms with Crippen LogP contribution in [0.25, 0.3) is 11.2 Å². The number of fused-ring (bicyclic) bond motifs is 1. The van der Waals surface area contributed by atoms with Crippen LogP contribution < -0.4 is 5.32 Å². The number of para-hydroxylation sites is 1. The molecule has 106 valence electrons. The van der Waals surface area contributed by atoms with Gasteiger partial charge in [-0.1, -0.05) is 23.9 Å². The number of H-pyrrole nitrogens is 1. The normalized spacial score (nSPS) is 10.7. The molecule has 0 bridgehead atoms. The molecule has 7 heteroatoms. The van der Waals surface area contributed by atoms with Crippen LogP contribution in [0.4, 0.5) is 5.69 Å². The summed E-state index contributed by atoms with van der Waals surface area (Å²) in [6.45, 7) is 0. The molecular weight excluding hydrogens is 352 g/mol. The summed E-state index contributed by atoms with van der Waals surface area (Å²) in [7, 11) is 0. The summed E-state index contributed by atoms with van der Waals surface area (Å²) in [5, 5.41) is 3.54. The van der Waals surface area contributed by atoms with Crippen molar-refractivity contribution in [3.8, 4) is 0 Å². The van der Waals surface area contributed by atoms with Crippen LogP contribution in [0.1, 0.15) is 0 Å². The zero-order valence-corrected chi connectivity index (χ0v) is 13.2. The molecule has 0 radical (unpaired) electrons. The van der Waals surface area contributed by atoms with E-state index in [1.807, 2.05) is 36.4 Å². The molecule has 0 aliphatic heterocycles. The minimum absolute atomic E-state index is 0.0830. The van der Waals surface area contributed by atoms with E-state index in [2.05, 4.69) is 36.2 Å². The molecule has 2 aromatic heterocycles. The standard InChI is InChI=1S/C14H11BrN4OS/c15-9-4-1-2-5-10(9)17-12(20)8-21-14-18-11-6-3-7-16-13(11)19-14/h1-7H,8H2,(H,17,20)(H,16,18,19). The highest BCUT2D eigenvalue weighted by molar-refractivity contribution is 9.10. The first-order chi connectivity index (χ1) is 10.2. The first-order valence-corrected chi connectivity index (χ1v) is 7.98. The van der Waals surface area contributed by atoms with Crippen LogP contribution in [-0.4, -0.2) is 26.6 Å². The number of halogens is 1. The van der Waals surface area contributed by atoms with Crippen LogP contribution in [0.5, 0.6) is 0 Å². The van der Waals surface area contributed by atoms with Crippen molar-refractivity contribution >= 4 is 50.5 Å². The summed E-state index contributed by atoms with van der Waals surface area (Å²) < 4.78 is 0.858. The predicted molar refractivity (Wildman–Crippen MR) is 87.4 cm³/mol. The minimum atomic E-state index is -0.0830. The van der Waals surface area contributed by atoms with Gasteiger partial charge in [-0.25, -0.2) is 9.97 Å². The summed E-state index contributed by atoms with van der Waals surface area (Å²) in [6.07, 6.45) is 1.69. The van der Waals surface area contributed by atoms with Crippen molar-refractivity contribution in [3.05, 3.63) is 47.1 Å². The fourth-order valence-electron chi connectivity index (χ4n) is 1.77. The number of hydrogen-bond acceptors (Lipinski definition) is 4. The third kappa shape index (κ3) is 3.43. The quantitative estimate of drug-likeness (QED) is 0.697. The number of benzene rings is 1. The maximum absolute atomic E-state index is 11.9. The minimum Gasteiger partial charge on any atom is -0.332 e. The van der Waals surface area contributed by atoms with Gasteiger partial charge in [-0.15, -0.1) is 0 Å². The predicted octanol–water partition coefficient (Wildman–Crippen LogP) is 3.45. The Kier molecular flexibility index (Phi) is 4.21. The van der Waals surface area contributed by atoms with E-state index < -0.39 is 0 Å². The van der Waals surface area contributed by atoms with E-state index in [9.17, 15) is 4.79 Å². The van der Waals surface area contributed by atoms with E-state index in [0.29, 0.717) is 10.8 Å². The molecule has 5 nitrogen and oxygen atoms in total. The van der Waals surface area contributed by atoms with E-state index in [0.717, 1.165) is 15.7 Å². The van der Waals surface area contributed by atoms with Crippen LogP contribution >= 0.6 is 27.7 Å². The highest BCUT2D eigenvalue weighted by atomic mass is 79.9. The Bertz CT molecular complexity index is 756. The van der Waals surface area contributed by atoms with Crippen LogP contribution in [-0.2, 0) is 4.79 Å². The Morgan fingerprint density at radius 3 is 2.95 bits per heavy atom. The summed E-state index contributed by atoms with van der Waals surface area (Å²) in [5.41, 5.74) is 2.28. The Morgan fingerprint density at radius 1 is 1.29 bits per heavy atom. The van der Waals surface area contributed by atoms with Crippen molar-refractivity contribution in [3.63, 3.8) is 0 Å². The van der Waals surface area contributed by atoms with Gasteiger partial charge in [-0.05, 0) is 40.2 Å². The number of pyridine rings is 1. The number of aromatic amines is 1. The number of nitrogens with zero attached hydrogens (tertiary/aromatic N) is 2. The third-order valence-electron chi connectivity index (χ3n) is 2.72. The van der Waals surface area contributed by atoms with Crippen LogP contribution in [0.3, 0.4) is 0 Å². The van der Waals surface area contributed by atoms with Crippen LogP contribution in [0.15, 0.2) is 52.2 Å². The van der Waals surface area contributed by atoms with Gasteiger partial charge in [0.25, 0.3) is 0 Å². The van der Waals surface area contributed by atoms with Crippen molar-refractivity contribution in [2.45, 2.75) is 5.16 Å². The number of carbonyl (C=O) groups is 1. The second kappa shape index (κ2) is 6.28. The van der Waals surface area contributed by atoms with Crippen molar-refractivity contribution in [1.82, 2.24) is 15.0 Å². The average Bonchev–Trinajstić information content (AvgIpc) is 2.90. The Hall–Kier alpha value is -1.86. The van der Waals surface area contributed by atoms with E-state index in [1.54, 1.807) is 6.20 Å². The second-order valence-electron chi connectivity index (χ2n) is 4.23. The number of aromatic nitrogens is 3. The Morgan fingerprint density at radius 2 is 2.14 bits per heavy atom. The van der Waals surface area contributed by atoms with E-state index in [4.69, 9.17) is 0 Å². The fourth-order valence-corrected chi connectivity index (χ4v) is 2.83. The summed E-state index contributed by atoms with van der Waals surface area (Å²) >= 11 is 4.74. The molecule has 0 aliphatic carbocycles. The first kappa shape index (κ1) is 14.1. The molecule has 0 atom stereocenters. The van der Waals surface area contributed by atoms with Crippen molar-refractivity contribution in [1.29, 1.82) is 0 Å². The second-order valence-corrected chi connectivity index (χ2v) is 6.05. The number of amides is 1. The van der Waals surface area contributed by atoms with Crippen molar-refractivity contribution < 1.29 is 4.79 Å². The SMILES string of the molecule is O=C(CSc1nc2ncccc2[nH]1)Nc1ccccc1Br. The lowest BCUT2D eigenvalue weighted by Crippen LogP contribution is -2.14. The fraction of sp³-hybridized carbons (Fsp3) is 0.0714. The molecular formula is C14H11BrN4OS. The highest BCUT2D eigenvalue weighted by Gasteiger charge is 2.08.